The number of aromatic hydroxyl groups is 1. The smallest absolute Gasteiger partial charge is 0.416 e. The Labute approximate surface area is 218 Å². The first-order valence-corrected chi connectivity index (χ1v) is 11.7. The second kappa shape index (κ2) is 9.49. The van der Waals surface area contributed by atoms with E-state index in [1.54, 1.807) is 44.3 Å². The van der Waals surface area contributed by atoms with Crippen molar-refractivity contribution >= 4 is 17.2 Å². The second-order valence-electron chi connectivity index (χ2n) is 8.60. The Morgan fingerprint density at radius 1 is 1.13 bits per heavy atom. The summed E-state index contributed by atoms with van der Waals surface area (Å²) in [4.78, 5) is 17.7. The number of aryl methyl sites for hydroxylation is 2. The van der Waals surface area contributed by atoms with E-state index in [4.69, 9.17) is 16.3 Å². The molecule has 0 aliphatic carbocycles. The van der Waals surface area contributed by atoms with E-state index in [0.29, 0.717) is 11.4 Å². The zero-order valence-electron chi connectivity index (χ0n) is 20.1. The summed E-state index contributed by atoms with van der Waals surface area (Å²) in [6, 6.07) is 12.4. The largest absolute Gasteiger partial charge is 0.477 e. The number of nitrogens with zero attached hydrogens (tertiary/aromatic N) is 5. The first-order chi connectivity index (χ1) is 18.0. The maximum atomic E-state index is 13.6. The maximum Gasteiger partial charge on any atom is 0.416 e. The minimum atomic E-state index is -4.63. The van der Waals surface area contributed by atoms with Gasteiger partial charge in [0.25, 0.3) is 11.5 Å². The lowest BCUT2D eigenvalue weighted by atomic mass is 10.0. The molecule has 5 aromatic rings. The SMILES string of the molecule is Cc1cc(Oc2ccc3n(c2)c(=O)c(-c2cccc(C(F)(F)F)c2)c(O)[n+]3Cc2ccc(Cl)nc2)n(C)n1. The van der Waals surface area contributed by atoms with Gasteiger partial charge in [-0.1, -0.05) is 29.8 Å². The van der Waals surface area contributed by atoms with E-state index in [1.165, 1.54) is 38.2 Å². The molecule has 4 heterocycles. The van der Waals surface area contributed by atoms with Crippen LogP contribution in [-0.4, -0.2) is 24.3 Å². The lowest BCUT2D eigenvalue weighted by Crippen LogP contribution is -2.41. The highest BCUT2D eigenvalue weighted by atomic mass is 35.5. The number of ether oxygens (including phenoxy) is 1. The van der Waals surface area contributed by atoms with Crippen LogP contribution in [0.1, 0.15) is 16.8 Å². The molecule has 0 saturated carbocycles. The van der Waals surface area contributed by atoms with Crippen molar-refractivity contribution < 1.29 is 27.6 Å². The van der Waals surface area contributed by atoms with Gasteiger partial charge in [-0.3, -0.25) is 0 Å². The monoisotopic (exact) mass is 542 g/mol. The quantitative estimate of drug-likeness (QED) is 0.252. The molecule has 0 aliphatic heterocycles. The van der Waals surface area contributed by atoms with E-state index in [1.807, 2.05) is 0 Å². The van der Waals surface area contributed by atoms with Crippen molar-refractivity contribution in [3.63, 3.8) is 0 Å². The number of fused-ring (bicyclic) bond motifs is 1. The molecule has 8 nitrogen and oxygen atoms in total. The van der Waals surface area contributed by atoms with E-state index < -0.39 is 23.2 Å². The summed E-state index contributed by atoms with van der Waals surface area (Å²) in [5, 5.41) is 15.8. The maximum absolute atomic E-state index is 13.6. The second-order valence-corrected chi connectivity index (χ2v) is 8.99. The number of benzene rings is 1. The molecule has 0 fully saturated rings. The molecule has 194 valence electrons. The highest BCUT2D eigenvalue weighted by molar-refractivity contribution is 6.29. The summed E-state index contributed by atoms with van der Waals surface area (Å²) in [6.45, 7) is 1.85. The highest BCUT2D eigenvalue weighted by Gasteiger charge is 2.32. The Morgan fingerprint density at radius 2 is 1.92 bits per heavy atom. The first-order valence-electron chi connectivity index (χ1n) is 11.3. The number of hydrogen-bond acceptors (Lipinski definition) is 5. The van der Waals surface area contributed by atoms with Gasteiger partial charge in [0.15, 0.2) is 11.3 Å². The molecule has 0 saturated heterocycles. The number of halogens is 4. The molecule has 0 aliphatic rings. The van der Waals surface area contributed by atoms with Crippen LogP contribution in [0.5, 0.6) is 17.5 Å². The van der Waals surface area contributed by atoms with Crippen molar-refractivity contribution in [2.45, 2.75) is 19.6 Å². The van der Waals surface area contributed by atoms with Crippen LogP contribution >= 0.6 is 11.6 Å². The zero-order chi connectivity index (χ0) is 27.2. The first kappa shape index (κ1) is 25.3. The molecule has 0 spiro atoms. The van der Waals surface area contributed by atoms with Gasteiger partial charge in [-0.15, -0.1) is 0 Å². The summed E-state index contributed by atoms with van der Waals surface area (Å²) in [6.07, 6.45) is -1.72. The normalized spacial score (nSPS) is 11.7. The summed E-state index contributed by atoms with van der Waals surface area (Å²) in [5.41, 5.74) is -0.434. The van der Waals surface area contributed by atoms with Gasteiger partial charge in [0.2, 0.25) is 5.88 Å². The van der Waals surface area contributed by atoms with Crippen LogP contribution in [0, 0.1) is 6.92 Å². The van der Waals surface area contributed by atoms with Gasteiger partial charge < -0.3 is 9.84 Å². The van der Waals surface area contributed by atoms with Gasteiger partial charge in [0.05, 0.1) is 11.3 Å². The summed E-state index contributed by atoms with van der Waals surface area (Å²) in [5.74, 6) is 0.204. The molecule has 0 amide bonds. The Morgan fingerprint density at radius 3 is 2.58 bits per heavy atom. The van der Waals surface area contributed by atoms with E-state index >= 15 is 0 Å². The number of hydrogen-bond donors (Lipinski definition) is 1. The van der Waals surface area contributed by atoms with Gasteiger partial charge in [-0.2, -0.15) is 27.2 Å². The van der Waals surface area contributed by atoms with Crippen molar-refractivity contribution in [1.82, 2.24) is 19.2 Å². The molecule has 1 N–H and O–H groups in total. The molecular weight excluding hydrogens is 523 g/mol. The summed E-state index contributed by atoms with van der Waals surface area (Å²) < 4.78 is 50.4. The van der Waals surface area contributed by atoms with Crippen LogP contribution in [0.3, 0.4) is 0 Å². The predicted molar refractivity (Wildman–Crippen MR) is 132 cm³/mol. The summed E-state index contributed by atoms with van der Waals surface area (Å²) >= 11 is 5.89. The molecule has 0 bridgehead atoms. The zero-order valence-corrected chi connectivity index (χ0v) is 20.8. The fourth-order valence-corrected chi connectivity index (χ4v) is 4.23. The minimum Gasteiger partial charge on any atom is -0.477 e. The topological polar surface area (TPSA) is 85.5 Å². The highest BCUT2D eigenvalue weighted by Crippen LogP contribution is 2.33. The van der Waals surface area contributed by atoms with Crippen LogP contribution < -0.4 is 14.9 Å². The lowest BCUT2D eigenvalue weighted by molar-refractivity contribution is -0.671. The van der Waals surface area contributed by atoms with Crippen LogP contribution in [0.4, 0.5) is 13.2 Å². The standard InChI is InChI=1S/C26H19ClF3N5O3/c1-15-10-22(33(2)32-15)38-19-7-9-21-34(13-16-6-8-20(27)31-12-16)24(36)23(25(37)35(21)14-19)17-4-3-5-18(11-17)26(28,29)30/h3-12,14H,13H2,1-2H3/p+1. The number of alkyl halides is 3. The molecule has 12 heteroatoms. The van der Waals surface area contributed by atoms with Gasteiger partial charge in [-0.25, -0.2) is 14.5 Å². The average molecular weight is 543 g/mol. The Hall–Kier alpha value is -4.38. The third-order valence-electron chi connectivity index (χ3n) is 5.88. The predicted octanol–water partition coefficient (Wildman–Crippen LogP) is 4.91. The molecule has 0 radical (unpaired) electrons. The van der Waals surface area contributed by atoms with Crippen LogP contribution in [0.2, 0.25) is 5.15 Å². The third-order valence-corrected chi connectivity index (χ3v) is 6.10. The molecule has 0 unspecified atom stereocenters. The van der Waals surface area contributed by atoms with Gasteiger partial charge in [-0.05, 0) is 36.8 Å². The van der Waals surface area contributed by atoms with E-state index in [9.17, 15) is 23.1 Å². The fraction of sp³-hybridized carbons (Fsp3) is 0.154. The van der Waals surface area contributed by atoms with E-state index in [0.717, 1.165) is 17.8 Å². The molecule has 1 aromatic carbocycles. The van der Waals surface area contributed by atoms with Crippen molar-refractivity contribution in [2.75, 3.05) is 0 Å². The fourth-order valence-electron chi connectivity index (χ4n) is 4.12. The van der Waals surface area contributed by atoms with Crippen molar-refractivity contribution in [1.29, 1.82) is 0 Å². The molecule has 4 aromatic heterocycles. The Balaban J connectivity index is 1.73. The van der Waals surface area contributed by atoms with Crippen molar-refractivity contribution in [3.05, 3.63) is 99.3 Å². The third kappa shape index (κ3) is 4.80. The number of aromatic nitrogens is 5. The lowest BCUT2D eigenvalue weighted by Gasteiger charge is -2.12. The molecule has 38 heavy (non-hydrogen) atoms. The van der Waals surface area contributed by atoms with E-state index in [2.05, 4.69) is 10.1 Å². The average Bonchev–Trinajstić information content (AvgIpc) is 3.19. The van der Waals surface area contributed by atoms with Crippen molar-refractivity contribution in [3.8, 4) is 28.6 Å². The van der Waals surface area contributed by atoms with E-state index in [-0.39, 0.29) is 34.2 Å². The van der Waals surface area contributed by atoms with Gasteiger partial charge in [0.1, 0.15) is 17.9 Å². The Bertz CT molecular complexity index is 1730. The number of pyridine rings is 2. The summed E-state index contributed by atoms with van der Waals surface area (Å²) in [7, 11) is 1.70. The van der Waals surface area contributed by atoms with Crippen molar-refractivity contribution in [2.24, 2.45) is 7.05 Å². The van der Waals surface area contributed by atoms with Gasteiger partial charge in [0, 0.05) is 30.9 Å². The van der Waals surface area contributed by atoms with Gasteiger partial charge >= 0.3 is 11.7 Å². The number of rotatable bonds is 5. The Kier molecular flexibility index (Phi) is 6.31. The van der Waals surface area contributed by atoms with Crippen LogP contribution in [0.25, 0.3) is 16.8 Å². The molecule has 5 rings (SSSR count). The molecule has 0 atom stereocenters. The van der Waals surface area contributed by atoms with Crippen LogP contribution in [0.15, 0.2) is 71.8 Å². The van der Waals surface area contributed by atoms with Crippen LogP contribution in [-0.2, 0) is 19.8 Å². The molecular formula is C26H20ClF3N5O3+. The minimum absolute atomic E-state index is 0.0485.